The molecule has 0 unspecified atom stereocenters. The van der Waals surface area contributed by atoms with Gasteiger partial charge in [0, 0.05) is 17.4 Å². The van der Waals surface area contributed by atoms with E-state index in [0.29, 0.717) is 5.56 Å². The van der Waals surface area contributed by atoms with E-state index in [0.717, 1.165) is 18.4 Å². The molecule has 1 saturated heterocycles. The minimum Gasteiger partial charge on any atom is -0.479 e. The van der Waals surface area contributed by atoms with Gasteiger partial charge in [0.2, 0.25) is 0 Å². The second kappa shape index (κ2) is 9.23. The van der Waals surface area contributed by atoms with Crippen molar-refractivity contribution in [3.63, 3.8) is 0 Å². The number of carboxylic acids is 1. The van der Waals surface area contributed by atoms with Gasteiger partial charge in [-0.1, -0.05) is 61.5 Å². The van der Waals surface area contributed by atoms with Crippen molar-refractivity contribution in [3.8, 4) is 5.75 Å². The number of hydrogen-bond acceptors (Lipinski definition) is 3. The van der Waals surface area contributed by atoms with Crippen molar-refractivity contribution in [2.24, 2.45) is 5.92 Å². The summed E-state index contributed by atoms with van der Waals surface area (Å²) in [5, 5.41) is 8.96. The van der Waals surface area contributed by atoms with Crippen LogP contribution in [0.2, 0.25) is 0 Å². The molecule has 0 amide bonds. The number of carboxylic acid groups (broad SMARTS) is 1. The smallest absolute Gasteiger partial charge is 0.341 e. The van der Waals surface area contributed by atoms with Gasteiger partial charge >= 0.3 is 5.97 Å². The molecular formula is C24H27FO4. The standard InChI is InChI=1S/C24H27FO4/c1-4-21-19(16-9-6-5-7-10-16)13-18(15(2)3)23(29-21)17-11-8-12-20(25)24(17)28-14-22(26)27/h5-12,18-19,21,23H,2,4,13-14H2,1,3H3,(H,26,27)/t18-,19-,21+,23-/m1/s1. The van der Waals surface area contributed by atoms with Crippen LogP contribution in [-0.2, 0) is 9.53 Å². The molecule has 1 aliphatic rings. The summed E-state index contributed by atoms with van der Waals surface area (Å²) < 4.78 is 26.3. The average Bonchev–Trinajstić information content (AvgIpc) is 2.72. The van der Waals surface area contributed by atoms with Gasteiger partial charge in [-0.2, -0.15) is 0 Å². The van der Waals surface area contributed by atoms with Crippen LogP contribution in [0.25, 0.3) is 0 Å². The summed E-state index contributed by atoms with van der Waals surface area (Å²) in [7, 11) is 0. The molecule has 0 radical (unpaired) electrons. The maximum absolute atomic E-state index is 14.5. The number of hydrogen-bond donors (Lipinski definition) is 1. The lowest BCUT2D eigenvalue weighted by molar-refractivity contribution is -0.139. The molecule has 154 valence electrons. The quantitative estimate of drug-likeness (QED) is 0.625. The van der Waals surface area contributed by atoms with E-state index in [9.17, 15) is 9.18 Å². The first-order valence-electron chi connectivity index (χ1n) is 9.91. The van der Waals surface area contributed by atoms with Crippen LogP contribution in [0.15, 0.2) is 60.7 Å². The number of carbonyl (C=O) groups is 1. The Morgan fingerprint density at radius 1 is 1.24 bits per heavy atom. The van der Waals surface area contributed by atoms with Crippen LogP contribution in [-0.4, -0.2) is 23.8 Å². The van der Waals surface area contributed by atoms with Gasteiger partial charge in [-0.15, -0.1) is 0 Å². The maximum Gasteiger partial charge on any atom is 0.341 e. The van der Waals surface area contributed by atoms with Gasteiger partial charge in [-0.3, -0.25) is 0 Å². The third kappa shape index (κ3) is 4.67. The molecule has 1 aliphatic heterocycles. The van der Waals surface area contributed by atoms with E-state index >= 15 is 0 Å². The van der Waals surface area contributed by atoms with Crippen LogP contribution in [0, 0.1) is 11.7 Å². The molecule has 3 rings (SSSR count). The zero-order chi connectivity index (χ0) is 21.0. The molecule has 2 aromatic rings. The Bertz CT molecular complexity index is 864. The predicted molar refractivity (Wildman–Crippen MR) is 110 cm³/mol. The molecule has 0 spiro atoms. The lowest BCUT2D eigenvalue weighted by Gasteiger charge is -2.43. The summed E-state index contributed by atoms with van der Waals surface area (Å²) in [6.07, 6.45) is 1.13. The van der Waals surface area contributed by atoms with Crippen molar-refractivity contribution < 1.29 is 23.8 Å². The Morgan fingerprint density at radius 3 is 2.59 bits per heavy atom. The summed E-state index contributed by atoms with van der Waals surface area (Å²) in [6, 6.07) is 14.9. The van der Waals surface area contributed by atoms with Crippen molar-refractivity contribution in [1.29, 1.82) is 0 Å². The number of rotatable bonds is 7. The van der Waals surface area contributed by atoms with Crippen LogP contribution in [0.5, 0.6) is 5.75 Å². The average molecular weight is 398 g/mol. The third-order valence-corrected chi connectivity index (χ3v) is 5.55. The zero-order valence-corrected chi connectivity index (χ0v) is 16.8. The largest absolute Gasteiger partial charge is 0.479 e. The van der Waals surface area contributed by atoms with Crippen molar-refractivity contribution in [3.05, 3.63) is 77.6 Å². The van der Waals surface area contributed by atoms with E-state index in [4.69, 9.17) is 14.6 Å². The molecule has 0 aliphatic carbocycles. The summed E-state index contributed by atoms with van der Waals surface area (Å²) in [5.74, 6) is -1.64. The molecule has 0 saturated carbocycles. The molecule has 0 aromatic heterocycles. The van der Waals surface area contributed by atoms with Crippen molar-refractivity contribution >= 4 is 5.97 Å². The van der Waals surface area contributed by atoms with Gasteiger partial charge in [0.25, 0.3) is 0 Å². The van der Waals surface area contributed by atoms with E-state index in [1.807, 2.05) is 25.1 Å². The summed E-state index contributed by atoms with van der Waals surface area (Å²) in [6.45, 7) is 7.57. The van der Waals surface area contributed by atoms with E-state index < -0.39 is 24.5 Å². The van der Waals surface area contributed by atoms with Gasteiger partial charge in [0.15, 0.2) is 18.2 Å². The van der Waals surface area contributed by atoms with E-state index in [2.05, 4.69) is 25.6 Å². The molecule has 0 bridgehead atoms. The highest BCUT2D eigenvalue weighted by Crippen LogP contribution is 2.49. The fourth-order valence-electron chi connectivity index (χ4n) is 4.14. The summed E-state index contributed by atoms with van der Waals surface area (Å²) in [5.41, 5.74) is 2.69. The van der Waals surface area contributed by atoms with Crippen LogP contribution in [0.3, 0.4) is 0 Å². The maximum atomic E-state index is 14.5. The van der Waals surface area contributed by atoms with Gasteiger partial charge in [-0.05, 0) is 31.4 Å². The molecule has 1 fully saturated rings. The molecule has 4 nitrogen and oxygen atoms in total. The first-order valence-corrected chi connectivity index (χ1v) is 9.91. The molecule has 1 heterocycles. The Balaban J connectivity index is 1.98. The van der Waals surface area contributed by atoms with Crippen molar-refractivity contribution in [1.82, 2.24) is 0 Å². The SMILES string of the molecule is C=C(C)[C@H]1C[C@H](c2ccccc2)[C@H](CC)O[C@@H]1c1cccc(F)c1OCC(=O)O. The minimum atomic E-state index is -1.16. The van der Waals surface area contributed by atoms with Gasteiger partial charge in [-0.25, -0.2) is 9.18 Å². The Labute approximate surface area is 171 Å². The Hall–Kier alpha value is -2.66. The number of aliphatic carboxylic acids is 1. The fourth-order valence-corrected chi connectivity index (χ4v) is 4.14. The number of benzene rings is 2. The van der Waals surface area contributed by atoms with Crippen molar-refractivity contribution in [2.75, 3.05) is 6.61 Å². The second-order valence-electron chi connectivity index (χ2n) is 7.55. The summed E-state index contributed by atoms with van der Waals surface area (Å²) in [4.78, 5) is 10.9. The van der Waals surface area contributed by atoms with Crippen LogP contribution in [0.4, 0.5) is 4.39 Å². The molecule has 4 atom stereocenters. The van der Waals surface area contributed by atoms with E-state index in [1.54, 1.807) is 12.1 Å². The highest BCUT2D eigenvalue weighted by molar-refractivity contribution is 5.68. The van der Waals surface area contributed by atoms with E-state index in [-0.39, 0.29) is 23.7 Å². The van der Waals surface area contributed by atoms with Gasteiger partial charge in [0.1, 0.15) is 0 Å². The molecule has 5 heteroatoms. The first-order chi connectivity index (χ1) is 13.9. The lowest BCUT2D eigenvalue weighted by Crippen LogP contribution is -2.36. The Morgan fingerprint density at radius 2 is 1.97 bits per heavy atom. The highest BCUT2D eigenvalue weighted by atomic mass is 19.1. The molecule has 2 aromatic carbocycles. The fraction of sp³-hybridized carbons (Fsp3) is 0.375. The van der Waals surface area contributed by atoms with Gasteiger partial charge < -0.3 is 14.6 Å². The Kier molecular flexibility index (Phi) is 6.70. The number of halogens is 1. The third-order valence-electron chi connectivity index (χ3n) is 5.55. The van der Waals surface area contributed by atoms with Gasteiger partial charge in [0.05, 0.1) is 12.2 Å². The monoisotopic (exact) mass is 398 g/mol. The highest BCUT2D eigenvalue weighted by Gasteiger charge is 2.40. The molecule has 29 heavy (non-hydrogen) atoms. The normalized spacial score (nSPS) is 24.1. The molecular weight excluding hydrogens is 371 g/mol. The number of para-hydroxylation sites is 1. The zero-order valence-electron chi connectivity index (χ0n) is 16.8. The van der Waals surface area contributed by atoms with Crippen LogP contribution in [0.1, 0.15) is 49.8 Å². The van der Waals surface area contributed by atoms with E-state index in [1.165, 1.54) is 11.6 Å². The molecule has 1 N–H and O–H groups in total. The number of ether oxygens (including phenoxy) is 2. The summed E-state index contributed by atoms with van der Waals surface area (Å²) >= 11 is 0. The first kappa shape index (κ1) is 21.1. The topological polar surface area (TPSA) is 55.8 Å². The van der Waals surface area contributed by atoms with Crippen molar-refractivity contribution in [2.45, 2.75) is 44.8 Å². The minimum absolute atomic E-state index is 0.0445. The van der Waals surface area contributed by atoms with Crippen LogP contribution < -0.4 is 4.74 Å². The lowest BCUT2D eigenvalue weighted by atomic mass is 9.75. The predicted octanol–water partition coefficient (Wildman–Crippen LogP) is 5.51. The second-order valence-corrected chi connectivity index (χ2v) is 7.55. The van der Waals surface area contributed by atoms with Crippen LogP contribution >= 0.6 is 0 Å².